The molecule has 1 saturated heterocycles. The third-order valence-electron chi connectivity index (χ3n) is 6.88. The average Bonchev–Trinajstić information content (AvgIpc) is 2.98. The molecule has 1 N–H and O–H groups in total. The molecule has 0 aromatic heterocycles. The van der Waals surface area contributed by atoms with Crippen LogP contribution in [0.2, 0.25) is 0 Å². The van der Waals surface area contributed by atoms with E-state index >= 15 is 0 Å². The Balaban J connectivity index is 1.95. The molecule has 3 aromatic carbocycles. The Labute approximate surface area is 255 Å². The quantitative estimate of drug-likeness (QED) is 0.201. The number of phenolic OH excluding ortho intramolecular Hbond substituents is 1. The van der Waals surface area contributed by atoms with Crippen molar-refractivity contribution in [3.05, 3.63) is 84.9 Å². The van der Waals surface area contributed by atoms with Gasteiger partial charge in [0.2, 0.25) is 0 Å². The zero-order valence-electron chi connectivity index (χ0n) is 24.7. The van der Waals surface area contributed by atoms with Gasteiger partial charge in [-0.1, -0.05) is 0 Å². The molecule has 234 valence electrons. The Hall–Kier alpha value is -4.31. The van der Waals surface area contributed by atoms with Crippen LogP contribution < -0.4 is 15.9 Å². The SMILES string of the molecule is CC(=O)OC[C@H]1O[C@H](O[PH](c2ccccc2)(c2ccccc2)c2ccc(O)cc2)[C@H](OC(C)=O)[C@@H](OC(C)=O)[C@@H]1OC(C)=O. The van der Waals surface area contributed by atoms with Crippen molar-refractivity contribution in [2.75, 3.05) is 6.61 Å². The Bertz CT molecular complexity index is 1410. The van der Waals surface area contributed by atoms with Gasteiger partial charge >= 0.3 is 255 Å². The van der Waals surface area contributed by atoms with Crippen molar-refractivity contribution in [2.24, 2.45) is 0 Å². The molecule has 44 heavy (non-hydrogen) atoms. The molecule has 0 bridgehead atoms. The summed E-state index contributed by atoms with van der Waals surface area (Å²) in [5, 5.41) is 12.4. The van der Waals surface area contributed by atoms with E-state index in [9.17, 15) is 24.3 Å². The zero-order chi connectivity index (χ0) is 31.9. The van der Waals surface area contributed by atoms with E-state index in [1.807, 2.05) is 60.7 Å². The number of phenols is 1. The van der Waals surface area contributed by atoms with E-state index < -0.39 is 62.1 Å². The van der Waals surface area contributed by atoms with Crippen LogP contribution in [0.4, 0.5) is 0 Å². The van der Waals surface area contributed by atoms with Crippen molar-refractivity contribution >= 4 is 47.3 Å². The third kappa shape index (κ3) is 7.60. The third-order valence-corrected chi connectivity index (χ3v) is 10.9. The summed E-state index contributed by atoms with van der Waals surface area (Å²) >= 11 is 0. The number of hydrogen-bond acceptors (Lipinski definition) is 11. The molecule has 11 nitrogen and oxygen atoms in total. The summed E-state index contributed by atoms with van der Waals surface area (Å²) in [5.74, 6) is -2.79. The number of esters is 4. The van der Waals surface area contributed by atoms with Crippen LogP contribution in [0.25, 0.3) is 0 Å². The molecule has 1 heterocycles. The van der Waals surface area contributed by atoms with Crippen LogP contribution in [0, 0.1) is 0 Å². The van der Waals surface area contributed by atoms with E-state index in [4.69, 9.17) is 28.2 Å². The monoisotopic (exact) mass is 626 g/mol. The number of hydrogen-bond donors (Lipinski definition) is 1. The van der Waals surface area contributed by atoms with Crippen LogP contribution in [-0.4, -0.2) is 66.3 Å². The number of carbonyl (C=O) groups is 4. The standard InChI is InChI=1S/C32H35O11P/c1-20(33)38-19-28-29(39-21(2)34)30(40-22(3)35)31(41-23(4)36)32(42-28)43-44(25-11-7-5-8-12-25,26-13-9-6-10-14-26)27-17-15-24(37)16-18-27/h5-18,28-32,37,44H,19H2,1-4H3/t28-,29-,30+,31-,32-/m1/s1. The van der Waals surface area contributed by atoms with Crippen molar-refractivity contribution in [1.29, 1.82) is 0 Å². The van der Waals surface area contributed by atoms with Gasteiger partial charge in [-0.2, -0.15) is 0 Å². The van der Waals surface area contributed by atoms with E-state index in [-0.39, 0.29) is 12.4 Å². The van der Waals surface area contributed by atoms with Gasteiger partial charge in [-0.15, -0.1) is 0 Å². The maximum atomic E-state index is 12.5. The Morgan fingerprint density at radius 1 is 0.636 bits per heavy atom. The van der Waals surface area contributed by atoms with Gasteiger partial charge in [-0.25, -0.2) is 0 Å². The van der Waals surface area contributed by atoms with Gasteiger partial charge in [-0.3, -0.25) is 0 Å². The fourth-order valence-electron chi connectivity index (χ4n) is 5.20. The van der Waals surface area contributed by atoms with Crippen LogP contribution in [0.1, 0.15) is 27.7 Å². The van der Waals surface area contributed by atoms with Crippen LogP contribution in [0.3, 0.4) is 0 Å². The molecule has 1 aliphatic heterocycles. The molecule has 0 radical (unpaired) electrons. The Morgan fingerprint density at radius 2 is 1.09 bits per heavy atom. The van der Waals surface area contributed by atoms with Crippen LogP contribution >= 0.6 is 7.49 Å². The molecule has 5 atom stereocenters. The molecular formula is C32H35O11P. The molecule has 0 amide bonds. The first-order valence-electron chi connectivity index (χ1n) is 13.9. The maximum absolute atomic E-state index is 12.5. The molecular weight excluding hydrogens is 591 g/mol. The Kier molecular flexibility index (Phi) is 10.7. The molecule has 0 aliphatic carbocycles. The van der Waals surface area contributed by atoms with Crippen molar-refractivity contribution in [3.8, 4) is 5.75 Å². The molecule has 0 unspecified atom stereocenters. The fourth-order valence-corrected chi connectivity index (χ4v) is 9.11. The van der Waals surface area contributed by atoms with Gasteiger partial charge in [0, 0.05) is 0 Å². The summed E-state index contributed by atoms with van der Waals surface area (Å²) in [6.45, 7) is 4.31. The molecule has 0 saturated carbocycles. The molecule has 3 aromatic rings. The van der Waals surface area contributed by atoms with Crippen molar-refractivity contribution in [3.63, 3.8) is 0 Å². The molecule has 0 spiro atoms. The van der Waals surface area contributed by atoms with Crippen LogP contribution in [0.5, 0.6) is 5.75 Å². The van der Waals surface area contributed by atoms with Gasteiger partial charge in [0.1, 0.15) is 0 Å². The average molecular weight is 627 g/mol. The Morgan fingerprint density at radius 3 is 1.57 bits per heavy atom. The number of ether oxygens (including phenoxy) is 5. The number of carbonyl (C=O) groups excluding carboxylic acids is 4. The predicted octanol–water partition coefficient (Wildman–Crippen LogP) is 2.43. The first kappa shape index (κ1) is 32.6. The van der Waals surface area contributed by atoms with Crippen molar-refractivity contribution in [2.45, 2.75) is 58.4 Å². The normalized spacial score (nSPS) is 21.9. The summed E-state index contributed by atoms with van der Waals surface area (Å²) in [5.41, 5.74) is 0. The molecule has 12 heteroatoms. The van der Waals surface area contributed by atoms with E-state index in [0.717, 1.165) is 24.5 Å². The summed E-state index contributed by atoms with van der Waals surface area (Å²) in [7, 11) is -3.61. The minimum absolute atomic E-state index is 0.0464. The van der Waals surface area contributed by atoms with Crippen molar-refractivity contribution in [1.82, 2.24) is 0 Å². The van der Waals surface area contributed by atoms with Gasteiger partial charge in [-0.05, 0) is 0 Å². The van der Waals surface area contributed by atoms with Gasteiger partial charge in [0.25, 0.3) is 0 Å². The predicted molar refractivity (Wildman–Crippen MR) is 161 cm³/mol. The van der Waals surface area contributed by atoms with Gasteiger partial charge in [0.15, 0.2) is 0 Å². The molecule has 1 aliphatic rings. The van der Waals surface area contributed by atoms with Crippen molar-refractivity contribution < 1.29 is 52.5 Å². The van der Waals surface area contributed by atoms with Gasteiger partial charge in [0.05, 0.1) is 0 Å². The first-order valence-corrected chi connectivity index (χ1v) is 15.8. The van der Waals surface area contributed by atoms with Crippen LogP contribution in [-0.2, 0) is 47.4 Å². The number of benzene rings is 3. The van der Waals surface area contributed by atoms with Gasteiger partial charge < -0.3 is 0 Å². The summed E-state index contributed by atoms with van der Waals surface area (Å²) in [4.78, 5) is 48.8. The topological polar surface area (TPSA) is 144 Å². The van der Waals surface area contributed by atoms with E-state index in [1.54, 1.807) is 24.3 Å². The van der Waals surface area contributed by atoms with Crippen LogP contribution in [0.15, 0.2) is 84.9 Å². The fraction of sp³-hybridized carbons (Fsp3) is 0.312. The van der Waals surface area contributed by atoms with E-state index in [0.29, 0.717) is 5.30 Å². The summed E-state index contributed by atoms with van der Waals surface area (Å²) in [6.07, 6.45) is -6.72. The second kappa shape index (κ2) is 14.4. The molecule has 1 fully saturated rings. The summed E-state index contributed by atoms with van der Waals surface area (Å²) < 4.78 is 35.5. The zero-order valence-corrected chi connectivity index (χ0v) is 25.7. The van der Waals surface area contributed by atoms with E-state index in [1.165, 1.54) is 13.8 Å². The number of rotatable bonds is 10. The van der Waals surface area contributed by atoms with E-state index in [2.05, 4.69) is 0 Å². The first-order chi connectivity index (χ1) is 21.0. The summed E-state index contributed by atoms with van der Waals surface area (Å²) in [6, 6.07) is 25.3. The minimum atomic E-state index is -3.61. The second-order valence-corrected chi connectivity index (χ2v) is 13.5. The second-order valence-electron chi connectivity index (χ2n) is 10.1. The molecule has 4 rings (SSSR count). The number of aromatic hydroxyl groups is 1.